The minimum absolute atomic E-state index is 0.313. The first-order valence-corrected chi connectivity index (χ1v) is 9.05. The Balaban J connectivity index is 1.75. The van der Waals surface area contributed by atoms with Gasteiger partial charge in [-0.1, -0.05) is 32.0 Å². The Kier molecular flexibility index (Phi) is 5.74. The van der Waals surface area contributed by atoms with Gasteiger partial charge in [0.1, 0.15) is 12.4 Å². The van der Waals surface area contributed by atoms with Crippen LogP contribution in [0.4, 0.5) is 5.69 Å². The second-order valence-corrected chi connectivity index (χ2v) is 6.97. The first kappa shape index (κ1) is 18.2. The number of rotatable bonds is 7. The topological polar surface area (TPSA) is 54.4 Å². The molecular formula is C22H26N2O2. The molecule has 1 heterocycles. The lowest BCUT2D eigenvalue weighted by Crippen LogP contribution is -2.19. The van der Waals surface area contributed by atoms with Crippen LogP contribution in [0.2, 0.25) is 0 Å². The maximum absolute atomic E-state index is 9.95. The Morgan fingerprint density at radius 1 is 1.04 bits per heavy atom. The van der Waals surface area contributed by atoms with Crippen LogP contribution in [-0.2, 0) is 0 Å². The Morgan fingerprint density at radius 2 is 1.81 bits per heavy atom. The van der Waals surface area contributed by atoms with Crippen molar-refractivity contribution in [3.05, 3.63) is 54.6 Å². The summed E-state index contributed by atoms with van der Waals surface area (Å²) in [6.45, 7) is 4.50. The average molecular weight is 350 g/mol. The molecule has 0 saturated heterocycles. The molecule has 4 nitrogen and oxygen atoms in total. The fraction of sp³-hybridized carbons (Fsp3) is 0.318. The van der Waals surface area contributed by atoms with Crippen LogP contribution in [0.1, 0.15) is 20.3 Å². The Morgan fingerprint density at radius 3 is 2.50 bits per heavy atom. The summed E-state index contributed by atoms with van der Waals surface area (Å²) >= 11 is 0. The largest absolute Gasteiger partial charge is 0.491 e. The van der Waals surface area contributed by atoms with Crippen molar-refractivity contribution in [3.63, 3.8) is 0 Å². The number of nitrogens with one attached hydrogen (secondary N) is 1. The third kappa shape index (κ3) is 4.52. The van der Waals surface area contributed by atoms with Gasteiger partial charge < -0.3 is 15.2 Å². The molecule has 0 aliphatic carbocycles. The molecule has 1 unspecified atom stereocenters. The molecule has 2 N–H and O–H groups in total. The maximum Gasteiger partial charge on any atom is 0.120 e. The van der Waals surface area contributed by atoms with E-state index < -0.39 is 6.10 Å². The van der Waals surface area contributed by atoms with Gasteiger partial charge in [-0.2, -0.15) is 0 Å². The predicted molar refractivity (Wildman–Crippen MR) is 108 cm³/mol. The van der Waals surface area contributed by atoms with Crippen molar-refractivity contribution in [3.8, 4) is 17.0 Å². The van der Waals surface area contributed by atoms with Crippen molar-refractivity contribution in [2.24, 2.45) is 5.92 Å². The zero-order chi connectivity index (χ0) is 18.5. The normalized spacial score (nSPS) is 12.3. The van der Waals surface area contributed by atoms with Crippen LogP contribution < -0.4 is 10.1 Å². The number of ether oxygens (including phenoxy) is 1. The van der Waals surface area contributed by atoms with Gasteiger partial charge in [0.05, 0.1) is 17.3 Å². The quantitative estimate of drug-likeness (QED) is 0.647. The molecule has 3 rings (SSSR count). The molecule has 0 spiro atoms. The highest BCUT2D eigenvalue weighted by molar-refractivity contribution is 5.83. The number of pyridine rings is 1. The van der Waals surface area contributed by atoms with Crippen LogP contribution in [-0.4, -0.2) is 29.8 Å². The summed E-state index contributed by atoms with van der Waals surface area (Å²) in [7, 11) is 1.91. The molecule has 4 heteroatoms. The zero-order valence-corrected chi connectivity index (χ0v) is 15.6. The van der Waals surface area contributed by atoms with Crippen LogP contribution in [0, 0.1) is 5.92 Å². The van der Waals surface area contributed by atoms with E-state index >= 15 is 0 Å². The Bertz CT molecular complexity index is 860. The van der Waals surface area contributed by atoms with E-state index in [0.717, 1.165) is 40.0 Å². The molecule has 26 heavy (non-hydrogen) atoms. The molecule has 0 bridgehead atoms. The Hall–Kier alpha value is -2.59. The molecule has 0 fully saturated rings. The zero-order valence-electron chi connectivity index (χ0n) is 15.6. The number of hydrogen-bond donors (Lipinski definition) is 2. The summed E-state index contributed by atoms with van der Waals surface area (Å²) in [5, 5.41) is 14.1. The molecule has 3 aromatic rings. The third-order valence-electron chi connectivity index (χ3n) is 4.32. The van der Waals surface area contributed by atoms with E-state index in [0.29, 0.717) is 12.5 Å². The summed E-state index contributed by atoms with van der Waals surface area (Å²) in [5.41, 5.74) is 4.04. The molecular weight excluding hydrogens is 324 g/mol. The van der Waals surface area contributed by atoms with Crippen molar-refractivity contribution in [2.45, 2.75) is 26.4 Å². The number of hydrogen-bond acceptors (Lipinski definition) is 4. The predicted octanol–water partition coefficient (Wildman–Crippen LogP) is 4.73. The number of aromatic nitrogens is 1. The lowest BCUT2D eigenvalue weighted by molar-refractivity contribution is 0.0893. The van der Waals surface area contributed by atoms with Crippen LogP contribution in [0.25, 0.3) is 22.2 Å². The average Bonchev–Trinajstić information content (AvgIpc) is 2.65. The molecule has 0 saturated carbocycles. The molecule has 1 atom stereocenters. The van der Waals surface area contributed by atoms with Crippen LogP contribution in [0.15, 0.2) is 54.6 Å². The summed E-state index contributed by atoms with van der Waals surface area (Å²) in [4.78, 5) is 4.75. The highest BCUT2D eigenvalue weighted by Gasteiger charge is 2.09. The molecule has 0 aliphatic heterocycles. The van der Waals surface area contributed by atoms with Crippen LogP contribution in [0.5, 0.6) is 5.75 Å². The number of anilines is 1. The fourth-order valence-electron chi connectivity index (χ4n) is 2.97. The minimum atomic E-state index is -0.438. The molecule has 0 amide bonds. The third-order valence-corrected chi connectivity index (χ3v) is 4.32. The van der Waals surface area contributed by atoms with Gasteiger partial charge in [0.15, 0.2) is 0 Å². The first-order chi connectivity index (χ1) is 12.5. The van der Waals surface area contributed by atoms with Crippen molar-refractivity contribution in [2.75, 3.05) is 19.0 Å². The Labute approximate surface area is 154 Å². The van der Waals surface area contributed by atoms with E-state index in [1.165, 1.54) is 0 Å². The van der Waals surface area contributed by atoms with Crippen LogP contribution >= 0.6 is 0 Å². The smallest absolute Gasteiger partial charge is 0.120 e. The van der Waals surface area contributed by atoms with E-state index in [1.807, 2.05) is 43.4 Å². The molecule has 136 valence electrons. The van der Waals surface area contributed by atoms with Gasteiger partial charge in [-0.3, -0.25) is 0 Å². The van der Waals surface area contributed by atoms with Gasteiger partial charge in [0.2, 0.25) is 0 Å². The second kappa shape index (κ2) is 8.19. The number of benzene rings is 2. The summed E-state index contributed by atoms with van der Waals surface area (Å²) in [6.07, 6.45) is 0.303. The molecule has 0 aliphatic rings. The molecule has 1 aromatic heterocycles. The van der Waals surface area contributed by atoms with Crippen molar-refractivity contribution in [1.29, 1.82) is 0 Å². The first-order valence-electron chi connectivity index (χ1n) is 9.05. The standard InChI is InChI=1S/C22H26N2O2/c1-15(2)12-19(25)14-26-20-9-11-22-17(13-20)6-10-21(24-22)16-4-7-18(23-3)8-5-16/h4-11,13,15,19,23,25H,12,14H2,1-3H3. The lowest BCUT2D eigenvalue weighted by Gasteiger charge is -2.14. The van der Waals surface area contributed by atoms with Gasteiger partial charge in [0.25, 0.3) is 0 Å². The second-order valence-electron chi connectivity index (χ2n) is 6.97. The highest BCUT2D eigenvalue weighted by atomic mass is 16.5. The van der Waals surface area contributed by atoms with E-state index in [1.54, 1.807) is 0 Å². The number of aliphatic hydroxyl groups is 1. The van der Waals surface area contributed by atoms with Crippen molar-refractivity contribution < 1.29 is 9.84 Å². The SMILES string of the molecule is CNc1ccc(-c2ccc3cc(OCC(O)CC(C)C)ccc3n2)cc1. The molecule has 0 radical (unpaired) electrons. The van der Waals surface area contributed by atoms with Gasteiger partial charge in [-0.25, -0.2) is 4.98 Å². The van der Waals surface area contributed by atoms with E-state index in [-0.39, 0.29) is 0 Å². The van der Waals surface area contributed by atoms with Gasteiger partial charge in [-0.15, -0.1) is 0 Å². The number of fused-ring (bicyclic) bond motifs is 1. The van der Waals surface area contributed by atoms with Gasteiger partial charge in [0, 0.05) is 23.7 Å². The highest BCUT2D eigenvalue weighted by Crippen LogP contribution is 2.25. The van der Waals surface area contributed by atoms with E-state index in [2.05, 4.69) is 37.4 Å². The summed E-state index contributed by atoms with van der Waals surface area (Å²) < 4.78 is 5.73. The monoisotopic (exact) mass is 350 g/mol. The van der Waals surface area contributed by atoms with Crippen molar-refractivity contribution in [1.82, 2.24) is 4.98 Å². The van der Waals surface area contributed by atoms with Crippen molar-refractivity contribution >= 4 is 16.6 Å². The summed E-state index contributed by atoms with van der Waals surface area (Å²) in [6, 6.07) is 18.1. The van der Waals surface area contributed by atoms with E-state index in [9.17, 15) is 5.11 Å². The summed E-state index contributed by atoms with van der Waals surface area (Å²) in [5.74, 6) is 1.21. The lowest BCUT2D eigenvalue weighted by atomic mass is 10.1. The van der Waals surface area contributed by atoms with E-state index in [4.69, 9.17) is 9.72 Å². The van der Waals surface area contributed by atoms with Crippen LogP contribution in [0.3, 0.4) is 0 Å². The minimum Gasteiger partial charge on any atom is -0.491 e. The number of aliphatic hydroxyl groups excluding tert-OH is 1. The maximum atomic E-state index is 9.95. The molecule has 2 aromatic carbocycles. The number of nitrogens with zero attached hydrogens (tertiary/aromatic N) is 1. The van der Waals surface area contributed by atoms with Gasteiger partial charge >= 0.3 is 0 Å². The van der Waals surface area contributed by atoms with Gasteiger partial charge in [-0.05, 0) is 48.7 Å². The fourth-order valence-corrected chi connectivity index (χ4v) is 2.97.